The molecular formula is C17H16F3N5O2. The summed E-state index contributed by atoms with van der Waals surface area (Å²) in [5.41, 5.74) is 1.95. The number of nitrogens with one attached hydrogen (secondary N) is 1. The molecule has 0 aliphatic rings. The topological polar surface area (TPSA) is 81.4 Å². The van der Waals surface area contributed by atoms with Crippen molar-refractivity contribution in [3.05, 3.63) is 41.9 Å². The molecular weight excluding hydrogens is 363 g/mol. The number of halogens is 3. The van der Waals surface area contributed by atoms with Crippen molar-refractivity contribution >= 4 is 11.6 Å². The number of alkyl halides is 3. The van der Waals surface area contributed by atoms with Gasteiger partial charge in [-0.3, -0.25) is 4.79 Å². The van der Waals surface area contributed by atoms with Crippen molar-refractivity contribution in [3.63, 3.8) is 0 Å². The van der Waals surface area contributed by atoms with Crippen LogP contribution in [0, 0.1) is 6.92 Å². The zero-order valence-corrected chi connectivity index (χ0v) is 14.7. The number of aromatic nitrogens is 4. The van der Waals surface area contributed by atoms with E-state index < -0.39 is 18.1 Å². The Morgan fingerprint density at radius 1 is 1.30 bits per heavy atom. The van der Waals surface area contributed by atoms with Crippen LogP contribution in [0.2, 0.25) is 0 Å². The lowest BCUT2D eigenvalue weighted by molar-refractivity contribution is -0.149. The van der Waals surface area contributed by atoms with Crippen LogP contribution in [0.5, 0.6) is 5.88 Å². The minimum Gasteiger partial charge on any atom is -0.481 e. The van der Waals surface area contributed by atoms with Crippen LogP contribution in [-0.4, -0.2) is 44.8 Å². The van der Waals surface area contributed by atoms with Gasteiger partial charge in [-0.25, -0.2) is 14.5 Å². The van der Waals surface area contributed by atoms with E-state index in [0.29, 0.717) is 22.8 Å². The summed E-state index contributed by atoms with van der Waals surface area (Å²) < 4.78 is 44.5. The molecule has 3 aromatic heterocycles. The minimum absolute atomic E-state index is 0.0440. The summed E-state index contributed by atoms with van der Waals surface area (Å²) in [6, 6.07) is 3.15. The monoisotopic (exact) mass is 379 g/mol. The Kier molecular flexibility index (Phi) is 4.73. The lowest BCUT2D eigenvalue weighted by atomic mass is 10.2. The Morgan fingerprint density at radius 3 is 2.63 bits per heavy atom. The molecule has 0 fully saturated rings. The summed E-state index contributed by atoms with van der Waals surface area (Å²) in [4.78, 5) is 20.8. The molecule has 3 rings (SSSR count). The second-order valence-corrected chi connectivity index (χ2v) is 5.90. The molecule has 3 aromatic rings. The number of aryl methyl sites for hydroxylation is 1. The lowest BCUT2D eigenvalue weighted by Crippen LogP contribution is -2.43. The van der Waals surface area contributed by atoms with Gasteiger partial charge in [0.25, 0.3) is 5.91 Å². The fraction of sp³-hybridized carbons (Fsp3) is 0.294. The predicted molar refractivity (Wildman–Crippen MR) is 90.5 cm³/mol. The number of carbonyl (C=O) groups is 1. The zero-order valence-electron chi connectivity index (χ0n) is 14.7. The summed E-state index contributed by atoms with van der Waals surface area (Å²) in [5.74, 6) is -0.464. The first-order chi connectivity index (χ1) is 12.7. The van der Waals surface area contributed by atoms with Crippen LogP contribution in [0.15, 0.2) is 30.6 Å². The molecule has 0 aliphatic heterocycles. The molecule has 10 heteroatoms. The Hall–Kier alpha value is -3.17. The fourth-order valence-electron chi connectivity index (χ4n) is 2.43. The number of pyridine rings is 1. The highest BCUT2D eigenvalue weighted by molar-refractivity contribution is 6.00. The molecule has 0 saturated carbocycles. The summed E-state index contributed by atoms with van der Waals surface area (Å²) in [6.45, 7) is 2.62. The summed E-state index contributed by atoms with van der Waals surface area (Å²) >= 11 is 0. The number of rotatable bonds is 4. The van der Waals surface area contributed by atoms with E-state index in [1.54, 1.807) is 31.3 Å². The molecule has 27 heavy (non-hydrogen) atoms. The minimum atomic E-state index is -4.54. The smallest absolute Gasteiger partial charge is 0.408 e. The Morgan fingerprint density at radius 2 is 2.04 bits per heavy atom. The SMILES string of the molecule is COc1ccc(-c2cc(C)n3ncc(C(=O)NC(C)C(F)(F)F)c3n2)cn1. The van der Waals surface area contributed by atoms with Gasteiger partial charge < -0.3 is 10.1 Å². The Labute approximate surface area is 152 Å². The van der Waals surface area contributed by atoms with Crippen molar-refractivity contribution in [2.45, 2.75) is 26.1 Å². The maximum Gasteiger partial charge on any atom is 0.408 e. The van der Waals surface area contributed by atoms with Gasteiger partial charge in [-0.05, 0) is 26.0 Å². The van der Waals surface area contributed by atoms with E-state index in [-0.39, 0.29) is 11.2 Å². The van der Waals surface area contributed by atoms with Crippen LogP contribution in [0.3, 0.4) is 0 Å². The molecule has 1 N–H and O–H groups in total. The third-order valence-corrected chi connectivity index (χ3v) is 3.97. The van der Waals surface area contributed by atoms with Crippen LogP contribution in [-0.2, 0) is 0 Å². The number of carbonyl (C=O) groups excluding carboxylic acids is 1. The molecule has 3 heterocycles. The highest BCUT2D eigenvalue weighted by Gasteiger charge is 2.37. The van der Waals surface area contributed by atoms with Gasteiger partial charge in [0.2, 0.25) is 5.88 Å². The van der Waals surface area contributed by atoms with Crippen LogP contribution in [0.25, 0.3) is 16.9 Å². The van der Waals surface area contributed by atoms with Crippen molar-refractivity contribution in [1.29, 1.82) is 0 Å². The first-order valence-electron chi connectivity index (χ1n) is 7.94. The molecule has 0 saturated heterocycles. The zero-order chi connectivity index (χ0) is 19.8. The number of ether oxygens (including phenoxy) is 1. The van der Waals surface area contributed by atoms with Crippen molar-refractivity contribution < 1.29 is 22.7 Å². The molecule has 0 spiro atoms. The quantitative estimate of drug-likeness (QED) is 0.754. The van der Waals surface area contributed by atoms with E-state index >= 15 is 0 Å². The molecule has 0 bridgehead atoms. The summed E-state index contributed by atoms with van der Waals surface area (Å²) in [5, 5.41) is 5.97. The van der Waals surface area contributed by atoms with E-state index in [4.69, 9.17) is 4.74 Å². The third-order valence-electron chi connectivity index (χ3n) is 3.97. The van der Waals surface area contributed by atoms with Gasteiger partial charge in [0.1, 0.15) is 11.6 Å². The van der Waals surface area contributed by atoms with Gasteiger partial charge in [-0.1, -0.05) is 0 Å². The van der Waals surface area contributed by atoms with Crippen LogP contribution >= 0.6 is 0 Å². The number of fused-ring (bicyclic) bond motifs is 1. The van der Waals surface area contributed by atoms with E-state index in [1.807, 2.05) is 5.32 Å². The summed E-state index contributed by atoms with van der Waals surface area (Å²) in [7, 11) is 1.50. The predicted octanol–water partition coefficient (Wildman–Crippen LogP) is 2.79. The number of hydrogen-bond donors (Lipinski definition) is 1. The summed E-state index contributed by atoms with van der Waals surface area (Å²) in [6.07, 6.45) is -1.79. The first kappa shape index (κ1) is 18.6. The molecule has 142 valence electrons. The Balaban J connectivity index is 2.00. The first-order valence-corrected chi connectivity index (χ1v) is 7.94. The molecule has 0 aromatic carbocycles. The molecule has 7 nitrogen and oxygen atoms in total. The van der Waals surface area contributed by atoms with Crippen LogP contribution in [0.4, 0.5) is 13.2 Å². The van der Waals surface area contributed by atoms with Gasteiger partial charge in [0, 0.05) is 23.5 Å². The number of nitrogens with zero attached hydrogens (tertiary/aromatic N) is 4. The third kappa shape index (κ3) is 3.69. The van der Waals surface area contributed by atoms with E-state index in [2.05, 4.69) is 15.1 Å². The van der Waals surface area contributed by atoms with E-state index in [9.17, 15) is 18.0 Å². The maximum absolute atomic E-state index is 12.7. The van der Waals surface area contributed by atoms with Crippen molar-refractivity contribution in [2.75, 3.05) is 7.11 Å². The highest BCUT2D eigenvalue weighted by Crippen LogP contribution is 2.23. The van der Waals surface area contributed by atoms with Crippen molar-refractivity contribution in [3.8, 4) is 17.1 Å². The number of methoxy groups -OCH3 is 1. The second-order valence-electron chi connectivity index (χ2n) is 5.90. The van der Waals surface area contributed by atoms with E-state index in [0.717, 1.165) is 6.92 Å². The van der Waals surface area contributed by atoms with Gasteiger partial charge in [-0.2, -0.15) is 18.3 Å². The molecule has 0 radical (unpaired) electrons. The number of amides is 1. The standard InChI is InChI=1S/C17H16F3N5O2/c1-9-6-13(11-4-5-14(27-3)21-7-11)24-15-12(8-22-25(9)15)16(26)23-10(2)17(18,19)20/h4-8,10H,1-3H3,(H,23,26). The second kappa shape index (κ2) is 6.86. The number of hydrogen-bond acceptors (Lipinski definition) is 5. The maximum atomic E-state index is 12.7. The normalized spacial score (nSPS) is 12.8. The fourth-order valence-corrected chi connectivity index (χ4v) is 2.43. The average molecular weight is 379 g/mol. The van der Waals surface area contributed by atoms with Gasteiger partial charge in [0.15, 0.2) is 5.65 Å². The van der Waals surface area contributed by atoms with Crippen molar-refractivity contribution in [2.24, 2.45) is 0 Å². The van der Waals surface area contributed by atoms with Gasteiger partial charge >= 0.3 is 6.18 Å². The lowest BCUT2D eigenvalue weighted by Gasteiger charge is -2.16. The van der Waals surface area contributed by atoms with Crippen LogP contribution < -0.4 is 10.1 Å². The van der Waals surface area contributed by atoms with Gasteiger partial charge in [-0.15, -0.1) is 0 Å². The molecule has 1 atom stereocenters. The van der Waals surface area contributed by atoms with E-state index in [1.165, 1.54) is 17.8 Å². The van der Waals surface area contributed by atoms with Crippen LogP contribution in [0.1, 0.15) is 23.0 Å². The highest BCUT2D eigenvalue weighted by atomic mass is 19.4. The Bertz CT molecular complexity index is 983. The molecule has 1 amide bonds. The average Bonchev–Trinajstić information content (AvgIpc) is 3.05. The molecule has 1 unspecified atom stereocenters. The largest absolute Gasteiger partial charge is 0.481 e. The van der Waals surface area contributed by atoms with Crippen molar-refractivity contribution in [1.82, 2.24) is 24.9 Å². The molecule has 0 aliphatic carbocycles. The van der Waals surface area contributed by atoms with Gasteiger partial charge in [0.05, 0.1) is 19.0 Å².